The summed E-state index contributed by atoms with van der Waals surface area (Å²) in [5.41, 5.74) is 6.27. The van der Waals surface area contributed by atoms with Gasteiger partial charge in [-0.1, -0.05) is 6.07 Å². The van der Waals surface area contributed by atoms with Crippen LogP contribution in [0.5, 0.6) is 0 Å². The first-order valence-electron chi connectivity index (χ1n) is 6.15. The van der Waals surface area contributed by atoms with Crippen molar-refractivity contribution in [1.82, 2.24) is 9.80 Å². The number of benzene rings is 1. The fourth-order valence-corrected chi connectivity index (χ4v) is 2.15. The van der Waals surface area contributed by atoms with Crippen LogP contribution in [0.3, 0.4) is 0 Å². The molecule has 0 radical (unpaired) electrons. The molecule has 104 valence electrons. The van der Waals surface area contributed by atoms with Gasteiger partial charge in [0.2, 0.25) is 0 Å². The first kappa shape index (κ1) is 13.7. The first-order chi connectivity index (χ1) is 8.99. The molecule has 0 amide bonds. The number of aliphatic imine (C=N–C) groups is 1. The molecule has 0 aliphatic carbocycles. The number of guanidine groups is 1. The molecular weight excluding hydrogens is 250 g/mol. The van der Waals surface area contributed by atoms with Crippen LogP contribution in [0.4, 0.5) is 8.78 Å². The van der Waals surface area contributed by atoms with Crippen LogP contribution in [0.1, 0.15) is 11.6 Å². The predicted molar refractivity (Wildman–Crippen MR) is 70.8 cm³/mol. The molecule has 0 aromatic heterocycles. The molecule has 6 heteroatoms. The summed E-state index contributed by atoms with van der Waals surface area (Å²) in [6.45, 7) is 1.85. The minimum atomic E-state index is -0.576. The molecule has 1 aliphatic rings. The van der Waals surface area contributed by atoms with Crippen LogP contribution in [0.2, 0.25) is 0 Å². The fraction of sp³-hybridized carbons (Fsp3) is 0.462. The molecule has 0 fully saturated rings. The Labute approximate surface area is 111 Å². The second kappa shape index (κ2) is 5.52. The highest BCUT2D eigenvalue weighted by atomic mass is 19.1. The van der Waals surface area contributed by atoms with E-state index in [0.717, 1.165) is 12.6 Å². The molecular formula is C13H18F2N4. The van der Waals surface area contributed by atoms with Crippen molar-refractivity contribution in [2.24, 2.45) is 10.7 Å². The normalized spacial score (nSPS) is 19.1. The standard InChI is InChI=1S/C13H18F2N4/c1-18(2)5-6-19-12(8-17-13(19)16)10-4-3-9(14)7-11(10)15/h3-4,7,12H,5-6,8H2,1-2H3,(H2,16,17). The minimum absolute atomic E-state index is 0.249. The van der Waals surface area contributed by atoms with Crippen LogP contribution >= 0.6 is 0 Å². The largest absolute Gasteiger partial charge is 0.370 e. The maximum Gasteiger partial charge on any atom is 0.191 e. The quantitative estimate of drug-likeness (QED) is 0.892. The molecule has 19 heavy (non-hydrogen) atoms. The van der Waals surface area contributed by atoms with Gasteiger partial charge in [0.15, 0.2) is 5.96 Å². The second-order valence-electron chi connectivity index (χ2n) is 4.88. The molecule has 2 rings (SSSR count). The Balaban J connectivity index is 2.19. The lowest BCUT2D eigenvalue weighted by Gasteiger charge is -2.28. The van der Waals surface area contributed by atoms with E-state index in [1.54, 1.807) is 0 Å². The Morgan fingerprint density at radius 1 is 1.42 bits per heavy atom. The van der Waals surface area contributed by atoms with Gasteiger partial charge < -0.3 is 15.5 Å². The van der Waals surface area contributed by atoms with Crippen LogP contribution in [-0.2, 0) is 0 Å². The first-order valence-corrected chi connectivity index (χ1v) is 6.15. The molecule has 1 aliphatic heterocycles. The summed E-state index contributed by atoms with van der Waals surface area (Å²) in [7, 11) is 3.91. The third-order valence-corrected chi connectivity index (χ3v) is 3.21. The molecule has 1 unspecified atom stereocenters. The molecule has 0 spiro atoms. The minimum Gasteiger partial charge on any atom is -0.370 e. The van der Waals surface area contributed by atoms with Crippen LogP contribution in [0.15, 0.2) is 23.2 Å². The van der Waals surface area contributed by atoms with Gasteiger partial charge in [-0.25, -0.2) is 8.78 Å². The summed E-state index contributed by atoms with van der Waals surface area (Å²) in [6.07, 6.45) is 0. The highest BCUT2D eigenvalue weighted by Crippen LogP contribution is 2.27. The molecule has 1 aromatic carbocycles. The molecule has 1 atom stereocenters. The third-order valence-electron chi connectivity index (χ3n) is 3.21. The fourth-order valence-electron chi connectivity index (χ4n) is 2.15. The van der Waals surface area contributed by atoms with Gasteiger partial charge in [-0.3, -0.25) is 4.99 Å². The summed E-state index contributed by atoms with van der Waals surface area (Å²) < 4.78 is 26.8. The molecule has 0 saturated carbocycles. The van der Waals surface area contributed by atoms with Gasteiger partial charge >= 0.3 is 0 Å². The smallest absolute Gasteiger partial charge is 0.191 e. The number of likely N-dealkylation sites (N-methyl/N-ethyl adjacent to an activating group) is 1. The van der Waals surface area contributed by atoms with Crippen molar-refractivity contribution in [3.63, 3.8) is 0 Å². The topological polar surface area (TPSA) is 44.9 Å². The lowest BCUT2D eigenvalue weighted by atomic mass is 10.1. The summed E-state index contributed by atoms with van der Waals surface area (Å²) in [5, 5.41) is 0. The number of halogens is 2. The van der Waals surface area contributed by atoms with E-state index in [-0.39, 0.29) is 6.04 Å². The summed E-state index contributed by atoms with van der Waals surface area (Å²) in [4.78, 5) is 8.03. The van der Waals surface area contributed by atoms with Gasteiger partial charge in [-0.2, -0.15) is 0 Å². The number of rotatable bonds is 4. The SMILES string of the molecule is CN(C)CCN1C(N)=NCC1c1ccc(F)cc1F. The Bertz CT molecular complexity index is 488. The zero-order valence-electron chi connectivity index (χ0n) is 11.1. The van der Waals surface area contributed by atoms with Gasteiger partial charge in [0.1, 0.15) is 11.6 Å². The second-order valence-corrected chi connectivity index (χ2v) is 4.88. The molecule has 4 nitrogen and oxygen atoms in total. The lowest BCUT2D eigenvalue weighted by molar-refractivity contribution is 0.289. The van der Waals surface area contributed by atoms with E-state index in [0.29, 0.717) is 24.6 Å². The Kier molecular flexibility index (Phi) is 3.99. The monoisotopic (exact) mass is 268 g/mol. The molecule has 0 saturated heterocycles. The molecule has 0 bridgehead atoms. The third kappa shape index (κ3) is 3.01. The molecule has 1 heterocycles. The Morgan fingerprint density at radius 3 is 2.79 bits per heavy atom. The van der Waals surface area contributed by atoms with Crippen LogP contribution in [0, 0.1) is 11.6 Å². The zero-order chi connectivity index (χ0) is 14.0. The average Bonchev–Trinajstić information content (AvgIpc) is 2.68. The van der Waals surface area contributed by atoms with Crippen molar-refractivity contribution in [2.75, 3.05) is 33.7 Å². The predicted octanol–water partition coefficient (Wildman–Crippen LogP) is 1.20. The van der Waals surface area contributed by atoms with Crippen LogP contribution in [-0.4, -0.2) is 49.5 Å². The van der Waals surface area contributed by atoms with Gasteiger partial charge in [0, 0.05) is 24.7 Å². The highest BCUT2D eigenvalue weighted by Gasteiger charge is 2.29. The molecule has 2 N–H and O–H groups in total. The zero-order valence-corrected chi connectivity index (χ0v) is 11.1. The summed E-state index contributed by atoms with van der Waals surface area (Å²) >= 11 is 0. The van der Waals surface area contributed by atoms with E-state index in [1.165, 1.54) is 12.1 Å². The van der Waals surface area contributed by atoms with Gasteiger partial charge in [0.25, 0.3) is 0 Å². The van der Waals surface area contributed by atoms with E-state index >= 15 is 0 Å². The van der Waals surface area contributed by atoms with Crippen molar-refractivity contribution in [3.05, 3.63) is 35.4 Å². The van der Waals surface area contributed by atoms with Gasteiger partial charge in [0.05, 0.1) is 12.6 Å². The van der Waals surface area contributed by atoms with E-state index in [1.807, 2.05) is 23.9 Å². The van der Waals surface area contributed by atoms with Crippen molar-refractivity contribution in [3.8, 4) is 0 Å². The van der Waals surface area contributed by atoms with Crippen LogP contribution in [0.25, 0.3) is 0 Å². The van der Waals surface area contributed by atoms with Crippen molar-refractivity contribution >= 4 is 5.96 Å². The van der Waals surface area contributed by atoms with Gasteiger partial charge in [-0.05, 0) is 20.2 Å². The Morgan fingerprint density at radius 2 is 2.16 bits per heavy atom. The number of hydrogen-bond acceptors (Lipinski definition) is 4. The number of nitrogens with two attached hydrogens (primary N) is 1. The van der Waals surface area contributed by atoms with Crippen LogP contribution < -0.4 is 5.73 Å². The van der Waals surface area contributed by atoms with Crippen molar-refractivity contribution < 1.29 is 8.78 Å². The van der Waals surface area contributed by atoms with E-state index in [9.17, 15) is 8.78 Å². The lowest BCUT2D eigenvalue weighted by Crippen LogP contribution is -2.40. The summed E-state index contributed by atoms with van der Waals surface area (Å²) in [6, 6.07) is 3.37. The van der Waals surface area contributed by atoms with E-state index < -0.39 is 11.6 Å². The molecule has 1 aromatic rings. The average molecular weight is 268 g/mol. The maximum atomic E-state index is 13.8. The highest BCUT2D eigenvalue weighted by molar-refractivity contribution is 5.80. The Hall–Kier alpha value is -1.69. The van der Waals surface area contributed by atoms with Crippen molar-refractivity contribution in [1.29, 1.82) is 0 Å². The van der Waals surface area contributed by atoms with E-state index in [2.05, 4.69) is 4.99 Å². The van der Waals surface area contributed by atoms with Gasteiger partial charge in [-0.15, -0.1) is 0 Å². The number of nitrogens with zero attached hydrogens (tertiary/aromatic N) is 3. The number of hydrogen-bond donors (Lipinski definition) is 1. The van der Waals surface area contributed by atoms with Crippen molar-refractivity contribution in [2.45, 2.75) is 6.04 Å². The maximum absolute atomic E-state index is 13.8. The summed E-state index contributed by atoms with van der Waals surface area (Å²) in [5.74, 6) is -0.715. The van der Waals surface area contributed by atoms with E-state index in [4.69, 9.17) is 5.73 Å².